The standard InChI is InChI=1S/C22H40N2O4/c1-18-12-7-10-16-23(18)22(21(27)28,24-17-11-8-13-19(24)2)15-9-5-3-4-6-14-20(25)26/h18-19H,3-17H2,1-2H3,(H,25,26)(H,27,28)/p-2. The molecule has 2 atom stereocenters. The molecule has 2 saturated heterocycles. The van der Waals surface area contributed by atoms with Gasteiger partial charge < -0.3 is 19.8 Å². The maximum absolute atomic E-state index is 12.7. The van der Waals surface area contributed by atoms with Gasteiger partial charge in [-0.2, -0.15) is 0 Å². The van der Waals surface area contributed by atoms with Crippen molar-refractivity contribution in [3.63, 3.8) is 0 Å². The number of carboxylic acid groups (broad SMARTS) is 2. The van der Waals surface area contributed by atoms with E-state index in [1.54, 1.807) is 0 Å². The first-order chi connectivity index (χ1) is 13.4. The van der Waals surface area contributed by atoms with E-state index in [0.717, 1.165) is 77.3 Å². The predicted molar refractivity (Wildman–Crippen MR) is 105 cm³/mol. The first-order valence-electron chi connectivity index (χ1n) is 11.3. The van der Waals surface area contributed by atoms with Gasteiger partial charge in [0.05, 0.1) is 5.97 Å². The summed E-state index contributed by atoms with van der Waals surface area (Å²) in [4.78, 5) is 27.6. The normalized spacial score (nSPS) is 26.6. The highest BCUT2D eigenvalue weighted by molar-refractivity contribution is 5.76. The van der Waals surface area contributed by atoms with E-state index in [0.29, 0.717) is 12.8 Å². The first-order valence-corrected chi connectivity index (χ1v) is 11.3. The lowest BCUT2D eigenvalue weighted by molar-refractivity contribution is -0.334. The van der Waals surface area contributed by atoms with Crippen molar-refractivity contribution in [3.8, 4) is 0 Å². The second-order valence-corrected chi connectivity index (χ2v) is 8.82. The SMILES string of the molecule is CC1CCCCN1C(CCCCCCCC(=O)[O-])(C(=O)[O-])N1CCCCC1C. The Morgan fingerprint density at radius 1 is 0.821 bits per heavy atom. The summed E-state index contributed by atoms with van der Waals surface area (Å²) in [6.07, 6.45) is 11.4. The van der Waals surface area contributed by atoms with Crippen LogP contribution in [0.15, 0.2) is 0 Å². The number of unbranched alkanes of at least 4 members (excludes halogenated alkanes) is 4. The highest BCUT2D eigenvalue weighted by Crippen LogP contribution is 2.37. The van der Waals surface area contributed by atoms with Gasteiger partial charge in [-0.15, -0.1) is 0 Å². The van der Waals surface area contributed by atoms with Crippen molar-refractivity contribution in [2.24, 2.45) is 0 Å². The van der Waals surface area contributed by atoms with Crippen LogP contribution in [0.3, 0.4) is 0 Å². The molecular weight excluding hydrogens is 356 g/mol. The first kappa shape index (κ1) is 23.1. The Morgan fingerprint density at radius 3 is 1.79 bits per heavy atom. The number of carboxylic acids is 2. The molecule has 0 bridgehead atoms. The average Bonchev–Trinajstić information content (AvgIpc) is 2.65. The third-order valence-electron chi connectivity index (χ3n) is 6.79. The van der Waals surface area contributed by atoms with Crippen molar-refractivity contribution in [1.29, 1.82) is 0 Å². The summed E-state index contributed by atoms with van der Waals surface area (Å²) in [6.45, 7) is 5.96. The fraction of sp³-hybridized carbons (Fsp3) is 0.909. The van der Waals surface area contributed by atoms with E-state index in [1.165, 1.54) is 0 Å². The Morgan fingerprint density at radius 2 is 1.32 bits per heavy atom. The molecule has 0 radical (unpaired) electrons. The lowest BCUT2D eigenvalue weighted by atomic mass is 9.88. The molecule has 28 heavy (non-hydrogen) atoms. The molecule has 2 aliphatic heterocycles. The second-order valence-electron chi connectivity index (χ2n) is 8.82. The zero-order valence-electron chi connectivity index (χ0n) is 17.8. The molecule has 0 aromatic heterocycles. The molecule has 2 heterocycles. The minimum absolute atomic E-state index is 0.111. The van der Waals surface area contributed by atoms with Gasteiger partial charge in [-0.25, -0.2) is 0 Å². The molecule has 0 N–H and O–H groups in total. The number of carbonyl (C=O) groups is 2. The number of rotatable bonds is 11. The Balaban J connectivity index is 2.08. The van der Waals surface area contributed by atoms with Gasteiger partial charge in [-0.3, -0.25) is 9.80 Å². The molecule has 6 heteroatoms. The van der Waals surface area contributed by atoms with E-state index in [-0.39, 0.29) is 18.5 Å². The van der Waals surface area contributed by atoms with Crippen molar-refractivity contribution in [2.75, 3.05) is 13.1 Å². The van der Waals surface area contributed by atoms with E-state index in [4.69, 9.17) is 0 Å². The molecule has 6 nitrogen and oxygen atoms in total. The van der Waals surface area contributed by atoms with E-state index >= 15 is 0 Å². The molecule has 0 amide bonds. The van der Waals surface area contributed by atoms with Crippen LogP contribution in [0, 0.1) is 0 Å². The Hall–Kier alpha value is -1.14. The summed E-state index contributed by atoms with van der Waals surface area (Å²) in [6, 6.07) is 0.507. The van der Waals surface area contributed by atoms with E-state index < -0.39 is 17.6 Å². The van der Waals surface area contributed by atoms with Crippen LogP contribution in [0.5, 0.6) is 0 Å². The van der Waals surface area contributed by atoms with Gasteiger partial charge in [-0.1, -0.05) is 32.1 Å². The summed E-state index contributed by atoms with van der Waals surface area (Å²) >= 11 is 0. The van der Waals surface area contributed by atoms with Crippen LogP contribution in [0.4, 0.5) is 0 Å². The minimum Gasteiger partial charge on any atom is -0.550 e. The number of nitrogens with zero attached hydrogens (tertiary/aromatic N) is 2. The minimum atomic E-state index is -1.01. The number of carbonyl (C=O) groups excluding carboxylic acids is 2. The zero-order chi connectivity index (χ0) is 20.6. The number of aliphatic carboxylic acids is 2. The van der Waals surface area contributed by atoms with Crippen LogP contribution < -0.4 is 10.2 Å². The number of piperidine rings is 2. The van der Waals surface area contributed by atoms with Gasteiger partial charge in [0.15, 0.2) is 0 Å². The van der Waals surface area contributed by atoms with Gasteiger partial charge in [0, 0.05) is 31.1 Å². The third-order valence-corrected chi connectivity index (χ3v) is 6.79. The predicted octanol–water partition coefficient (Wildman–Crippen LogP) is 1.66. The highest BCUT2D eigenvalue weighted by atomic mass is 16.4. The van der Waals surface area contributed by atoms with Crippen LogP contribution in [0.25, 0.3) is 0 Å². The van der Waals surface area contributed by atoms with Crippen molar-refractivity contribution < 1.29 is 19.8 Å². The maximum atomic E-state index is 12.7. The van der Waals surface area contributed by atoms with Gasteiger partial charge >= 0.3 is 0 Å². The molecule has 2 unspecified atom stereocenters. The number of hydrogen-bond donors (Lipinski definition) is 0. The van der Waals surface area contributed by atoms with Crippen molar-refractivity contribution in [2.45, 2.75) is 115 Å². The van der Waals surface area contributed by atoms with Crippen LogP contribution in [-0.2, 0) is 9.59 Å². The summed E-state index contributed by atoms with van der Waals surface area (Å²) in [5.41, 5.74) is -1.01. The maximum Gasteiger partial charge on any atom is 0.115 e. The topological polar surface area (TPSA) is 86.7 Å². The summed E-state index contributed by atoms with van der Waals surface area (Å²) in [5.74, 6) is -1.93. The van der Waals surface area contributed by atoms with Crippen molar-refractivity contribution >= 4 is 11.9 Å². The lowest BCUT2D eigenvalue weighted by Gasteiger charge is -2.58. The quantitative estimate of drug-likeness (QED) is 0.495. The van der Waals surface area contributed by atoms with E-state index in [2.05, 4.69) is 23.6 Å². The van der Waals surface area contributed by atoms with Crippen molar-refractivity contribution in [1.82, 2.24) is 9.80 Å². The monoisotopic (exact) mass is 394 g/mol. The fourth-order valence-corrected chi connectivity index (χ4v) is 5.26. The molecule has 0 aliphatic carbocycles. The summed E-state index contributed by atoms with van der Waals surface area (Å²) in [7, 11) is 0. The molecule has 162 valence electrons. The molecule has 2 fully saturated rings. The second kappa shape index (κ2) is 11.1. The Bertz CT molecular complexity index is 489. The molecular formula is C22H38N2O4-2. The van der Waals surface area contributed by atoms with E-state index in [9.17, 15) is 19.8 Å². The molecule has 0 spiro atoms. The van der Waals surface area contributed by atoms with Crippen LogP contribution in [0.2, 0.25) is 0 Å². The van der Waals surface area contributed by atoms with Crippen LogP contribution in [-0.4, -0.2) is 52.6 Å². The Labute approximate surface area is 170 Å². The number of likely N-dealkylation sites (tertiary alicyclic amines) is 2. The molecule has 2 rings (SSSR count). The fourth-order valence-electron chi connectivity index (χ4n) is 5.26. The Kier molecular flexibility index (Phi) is 9.22. The largest absolute Gasteiger partial charge is 0.550 e. The van der Waals surface area contributed by atoms with Gasteiger partial charge in [0.25, 0.3) is 0 Å². The average molecular weight is 395 g/mol. The van der Waals surface area contributed by atoms with Gasteiger partial charge in [0.1, 0.15) is 5.66 Å². The van der Waals surface area contributed by atoms with Gasteiger partial charge in [-0.05, 0) is 65.2 Å². The number of hydrogen-bond acceptors (Lipinski definition) is 6. The molecule has 0 aromatic rings. The van der Waals surface area contributed by atoms with Crippen LogP contribution in [0.1, 0.15) is 97.3 Å². The molecule has 0 aromatic carbocycles. The highest BCUT2D eigenvalue weighted by Gasteiger charge is 2.47. The van der Waals surface area contributed by atoms with Crippen LogP contribution >= 0.6 is 0 Å². The smallest absolute Gasteiger partial charge is 0.115 e. The van der Waals surface area contributed by atoms with Crippen molar-refractivity contribution in [3.05, 3.63) is 0 Å². The molecule has 2 aliphatic rings. The lowest BCUT2D eigenvalue weighted by Crippen LogP contribution is -2.73. The third kappa shape index (κ3) is 5.69. The zero-order valence-corrected chi connectivity index (χ0v) is 17.8. The summed E-state index contributed by atoms with van der Waals surface area (Å²) < 4.78 is 0. The van der Waals surface area contributed by atoms with E-state index in [1.807, 2.05) is 0 Å². The summed E-state index contributed by atoms with van der Waals surface area (Å²) in [5, 5.41) is 23.2. The van der Waals surface area contributed by atoms with Gasteiger partial charge in [0.2, 0.25) is 0 Å². The molecule has 0 saturated carbocycles.